The number of esters is 1. The second-order valence-electron chi connectivity index (χ2n) is 6.79. The number of hydrogen-bond acceptors (Lipinski definition) is 5. The Hall–Kier alpha value is -1.92. The molecular formula is C18H25N3O3. The lowest BCUT2D eigenvalue weighted by Crippen LogP contribution is -2.48. The average Bonchev–Trinajstić information content (AvgIpc) is 3.13. The predicted molar refractivity (Wildman–Crippen MR) is 89.8 cm³/mol. The first kappa shape index (κ1) is 16.9. The van der Waals surface area contributed by atoms with E-state index in [1.807, 2.05) is 26.0 Å². The first-order valence-electron chi connectivity index (χ1n) is 8.60. The van der Waals surface area contributed by atoms with Crippen molar-refractivity contribution >= 4 is 11.9 Å². The predicted octanol–water partition coefficient (Wildman–Crippen LogP) is 1.01. The zero-order valence-corrected chi connectivity index (χ0v) is 14.2. The van der Waals surface area contributed by atoms with Crippen molar-refractivity contribution in [1.82, 2.24) is 15.8 Å². The number of carbonyl (C=O) groups is 2. The van der Waals surface area contributed by atoms with E-state index in [1.54, 1.807) is 4.90 Å². The van der Waals surface area contributed by atoms with Crippen LogP contribution in [0, 0.1) is 5.92 Å². The number of hydrogen-bond donors (Lipinski definition) is 2. The van der Waals surface area contributed by atoms with E-state index in [-0.39, 0.29) is 23.8 Å². The van der Waals surface area contributed by atoms with Crippen LogP contribution in [0.4, 0.5) is 0 Å². The van der Waals surface area contributed by atoms with Crippen LogP contribution in [-0.4, -0.2) is 42.0 Å². The summed E-state index contributed by atoms with van der Waals surface area (Å²) in [6.07, 6.45) is 0.786. The van der Waals surface area contributed by atoms with Crippen LogP contribution in [0.15, 0.2) is 24.3 Å². The SMILES string of the molecule is CC(C)C(OC(=O)C1CCNN1)C(=O)N1CCc2ccccc2C1. The molecule has 2 atom stereocenters. The van der Waals surface area contributed by atoms with E-state index in [1.165, 1.54) is 11.1 Å². The first-order valence-corrected chi connectivity index (χ1v) is 8.60. The Balaban J connectivity index is 1.67. The quantitative estimate of drug-likeness (QED) is 0.806. The van der Waals surface area contributed by atoms with Gasteiger partial charge in [-0.05, 0) is 29.9 Å². The molecule has 2 unspecified atom stereocenters. The van der Waals surface area contributed by atoms with E-state index in [0.717, 1.165) is 13.0 Å². The molecule has 6 heteroatoms. The molecular weight excluding hydrogens is 306 g/mol. The van der Waals surface area contributed by atoms with Gasteiger partial charge in [-0.3, -0.25) is 15.0 Å². The maximum Gasteiger partial charge on any atom is 0.325 e. The van der Waals surface area contributed by atoms with Gasteiger partial charge in [0.15, 0.2) is 6.10 Å². The van der Waals surface area contributed by atoms with Crippen LogP contribution < -0.4 is 10.9 Å². The largest absolute Gasteiger partial charge is 0.451 e. The summed E-state index contributed by atoms with van der Waals surface area (Å²) in [5.74, 6) is -0.517. The van der Waals surface area contributed by atoms with Crippen molar-refractivity contribution in [3.63, 3.8) is 0 Å². The molecule has 0 aliphatic carbocycles. The van der Waals surface area contributed by atoms with E-state index in [0.29, 0.717) is 19.5 Å². The van der Waals surface area contributed by atoms with Crippen molar-refractivity contribution in [3.05, 3.63) is 35.4 Å². The maximum atomic E-state index is 12.9. The number of hydrazine groups is 1. The Labute approximate surface area is 142 Å². The molecule has 0 bridgehead atoms. The fourth-order valence-corrected chi connectivity index (χ4v) is 3.20. The van der Waals surface area contributed by atoms with Crippen LogP contribution in [0.3, 0.4) is 0 Å². The van der Waals surface area contributed by atoms with E-state index in [4.69, 9.17) is 4.74 Å². The Bertz CT molecular complexity index is 611. The van der Waals surface area contributed by atoms with Crippen molar-refractivity contribution < 1.29 is 14.3 Å². The van der Waals surface area contributed by atoms with Crippen LogP contribution in [0.5, 0.6) is 0 Å². The van der Waals surface area contributed by atoms with Gasteiger partial charge in [0.1, 0.15) is 6.04 Å². The van der Waals surface area contributed by atoms with Gasteiger partial charge in [-0.2, -0.15) is 0 Å². The molecule has 1 saturated heterocycles. The average molecular weight is 331 g/mol. The zero-order chi connectivity index (χ0) is 17.1. The molecule has 0 spiro atoms. The number of ether oxygens (including phenoxy) is 1. The van der Waals surface area contributed by atoms with Crippen molar-refractivity contribution in [1.29, 1.82) is 0 Å². The molecule has 2 aliphatic heterocycles. The van der Waals surface area contributed by atoms with Gasteiger partial charge in [0.05, 0.1) is 0 Å². The highest BCUT2D eigenvalue weighted by Gasteiger charge is 2.34. The molecule has 24 heavy (non-hydrogen) atoms. The minimum Gasteiger partial charge on any atom is -0.451 e. The normalized spacial score (nSPS) is 21.5. The highest BCUT2D eigenvalue weighted by atomic mass is 16.6. The van der Waals surface area contributed by atoms with Crippen molar-refractivity contribution in [2.24, 2.45) is 5.92 Å². The third-order valence-electron chi connectivity index (χ3n) is 4.65. The highest BCUT2D eigenvalue weighted by Crippen LogP contribution is 2.21. The molecule has 6 nitrogen and oxygen atoms in total. The lowest BCUT2D eigenvalue weighted by molar-refractivity contribution is -0.165. The summed E-state index contributed by atoms with van der Waals surface area (Å²) in [6, 6.07) is 7.80. The number of fused-ring (bicyclic) bond motifs is 1. The van der Waals surface area contributed by atoms with Gasteiger partial charge < -0.3 is 9.64 Å². The molecule has 2 aliphatic rings. The van der Waals surface area contributed by atoms with Gasteiger partial charge >= 0.3 is 5.97 Å². The van der Waals surface area contributed by atoms with Crippen LogP contribution in [0.2, 0.25) is 0 Å². The first-order chi connectivity index (χ1) is 11.6. The summed E-state index contributed by atoms with van der Waals surface area (Å²) in [5, 5.41) is 0. The number of benzene rings is 1. The Kier molecular flexibility index (Phi) is 5.16. The van der Waals surface area contributed by atoms with Crippen LogP contribution >= 0.6 is 0 Å². The number of rotatable bonds is 4. The van der Waals surface area contributed by atoms with Gasteiger partial charge in [0, 0.05) is 19.6 Å². The fraction of sp³-hybridized carbons (Fsp3) is 0.556. The minimum absolute atomic E-state index is 0.0621. The standard InChI is InChI=1S/C18H25N3O3/c1-12(2)16(24-18(23)15-7-9-19-20-15)17(22)21-10-8-13-5-3-4-6-14(13)11-21/h3-6,12,15-16,19-20H,7-11H2,1-2H3. The molecule has 1 aromatic carbocycles. The number of nitrogens with one attached hydrogen (secondary N) is 2. The summed E-state index contributed by atoms with van der Waals surface area (Å²) in [5.41, 5.74) is 8.26. The summed E-state index contributed by atoms with van der Waals surface area (Å²) in [4.78, 5) is 27.0. The lowest BCUT2D eigenvalue weighted by atomic mass is 9.98. The van der Waals surface area contributed by atoms with Gasteiger partial charge in [-0.1, -0.05) is 38.1 Å². The van der Waals surface area contributed by atoms with Gasteiger partial charge in [0.2, 0.25) is 0 Å². The van der Waals surface area contributed by atoms with E-state index in [9.17, 15) is 9.59 Å². The Morgan fingerprint density at radius 3 is 2.67 bits per heavy atom. The number of amides is 1. The molecule has 1 fully saturated rings. The number of nitrogens with zero attached hydrogens (tertiary/aromatic N) is 1. The Morgan fingerprint density at radius 1 is 1.25 bits per heavy atom. The van der Waals surface area contributed by atoms with E-state index < -0.39 is 6.10 Å². The fourth-order valence-electron chi connectivity index (χ4n) is 3.20. The molecule has 0 aromatic heterocycles. The monoisotopic (exact) mass is 331 g/mol. The molecule has 3 rings (SSSR count). The number of carbonyl (C=O) groups excluding carboxylic acids is 2. The second kappa shape index (κ2) is 7.32. The van der Waals surface area contributed by atoms with Gasteiger partial charge in [0.25, 0.3) is 5.91 Å². The second-order valence-corrected chi connectivity index (χ2v) is 6.79. The smallest absolute Gasteiger partial charge is 0.325 e. The van der Waals surface area contributed by atoms with Gasteiger partial charge in [-0.25, -0.2) is 5.43 Å². The summed E-state index contributed by atoms with van der Waals surface area (Å²) < 4.78 is 5.57. The summed E-state index contributed by atoms with van der Waals surface area (Å²) in [7, 11) is 0. The highest BCUT2D eigenvalue weighted by molar-refractivity contribution is 5.85. The summed E-state index contributed by atoms with van der Waals surface area (Å²) in [6.45, 7) is 5.80. The molecule has 2 N–H and O–H groups in total. The minimum atomic E-state index is -0.731. The molecule has 0 saturated carbocycles. The van der Waals surface area contributed by atoms with E-state index >= 15 is 0 Å². The van der Waals surface area contributed by atoms with Gasteiger partial charge in [-0.15, -0.1) is 0 Å². The van der Waals surface area contributed by atoms with Crippen LogP contribution in [0.25, 0.3) is 0 Å². The topological polar surface area (TPSA) is 70.7 Å². The summed E-state index contributed by atoms with van der Waals surface area (Å²) >= 11 is 0. The Morgan fingerprint density at radius 2 is 2.00 bits per heavy atom. The lowest BCUT2D eigenvalue weighted by Gasteiger charge is -2.33. The van der Waals surface area contributed by atoms with E-state index in [2.05, 4.69) is 23.0 Å². The van der Waals surface area contributed by atoms with Crippen molar-refractivity contribution in [2.45, 2.75) is 45.4 Å². The maximum absolute atomic E-state index is 12.9. The third-order valence-corrected chi connectivity index (χ3v) is 4.65. The molecule has 1 aromatic rings. The zero-order valence-electron chi connectivity index (χ0n) is 14.2. The molecule has 130 valence electrons. The van der Waals surface area contributed by atoms with Crippen molar-refractivity contribution in [2.75, 3.05) is 13.1 Å². The molecule has 1 amide bonds. The molecule has 2 heterocycles. The molecule has 0 radical (unpaired) electrons. The van der Waals surface area contributed by atoms with Crippen molar-refractivity contribution in [3.8, 4) is 0 Å². The third kappa shape index (κ3) is 3.60. The van der Waals surface area contributed by atoms with Crippen LogP contribution in [-0.2, 0) is 27.3 Å². The van der Waals surface area contributed by atoms with Crippen LogP contribution in [0.1, 0.15) is 31.4 Å².